The average molecular weight is 575 g/mol. The lowest BCUT2D eigenvalue weighted by atomic mass is 9.99. The number of pyridine rings is 1. The predicted octanol–water partition coefficient (Wildman–Crippen LogP) is 4.17. The number of carboxylic acid groups (broad SMARTS) is 1. The molecule has 0 bridgehead atoms. The Morgan fingerprint density at radius 2 is 1.72 bits per heavy atom. The number of hydrogen-bond donors (Lipinski definition) is 4. The van der Waals surface area contributed by atoms with Crippen LogP contribution in [-0.2, 0) is 16.4 Å². The molecule has 0 fully saturated rings. The molecule has 0 unspecified atom stereocenters. The molecule has 1 atom stereocenters. The van der Waals surface area contributed by atoms with E-state index in [9.17, 15) is 28.2 Å². The van der Waals surface area contributed by atoms with Crippen LogP contribution < -0.4 is 10.0 Å². The van der Waals surface area contributed by atoms with E-state index in [2.05, 4.69) is 10.3 Å². The summed E-state index contributed by atoms with van der Waals surface area (Å²) >= 11 is 5.77. The maximum absolute atomic E-state index is 12.5. The number of hydrogen-bond acceptors (Lipinski definition) is 7. The number of halogens is 1. The molecule has 3 aromatic rings. The number of aliphatic hydroxyl groups is 1. The highest BCUT2D eigenvalue weighted by Gasteiger charge is 2.19. The summed E-state index contributed by atoms with van der Waals surface area (Å²) in [5.74, 6) is -0.719. The van der Waals surface area contributed by atoms with Crippen LogP contribution in [0.3, 0.4) is 0 Å². The monoisotopic (exact) mass is 574 g/mol. The number of nitrogens with one attached hydrogen (secondary N) is 2. The zero-order valence-electron chi connectivity index (χ0n) is 21.8. The number of rotatable bonds is 11. The van der Waals surface area contributed by atoms with Crippen LogP contribution in [-0.4, -0.2) is 65.9 Å². The Hall–Kier alpha value is -3.67. The fraction of sp³-hybridized carbons (Fsp3) is 0.296. The third-order valence-corrected chi connectivity index (χ3v) is 6.52. The summed E-state index contributed by atoms with van der Waals surface area (Å²) in [6, 6.07) is 15.8. The van der Waals surface area contributed by atoms with E-state index in [4.69, 9.17) is 11.6 Å². The maximum atomic E-state index is 12.5. The predicted molar refractivity (Wildman–Crippen MR) is 150 cm³/mol. The van der Waals surface area contributed by atoms with Crippen LogP contribution in [0.4, 0.5) is 10.5 Å². The van der Waals surface area contributed by atoms with Gasteiger partial charge in [0, 0.05) is 30.0 Å². The standard InChI is InChI=1S/C27H31ClN4O6S/c1-17(2)30-23-14-20(8-10-22(23)26(34)31-39(3,37)38)19-6-4-18(5-7-19)12-13-32(27(35)36)16-24(33)21-9-11-25(28)29-15-21/h4-11,14-15,17,24,30,33H,12-13,16H2,1-3H3,(H,31,34)(H,35,36)/t24-/m1/s1. The summed E-state index contributed by atoms with van der Waals surface area (Å²) in [6.07, 6.45) is 0.592. The lowest BCUT2D eigenvalue weighted by molar-refractivity contribution is 0.0970. The Morgan fingerprint density at radius 1 is 1.05 bits per heavy atom. The van der Waals surface area contributed by atoms with Gasteiger partial charge in [0.25, 0.3) is 5.91 Å². The fourth-order valence-electron chi connectivity index (χ4n) is 3.87. The van der Waals surface area contributed by atoms with Crippen molar-refractivity contribution in [3.05, 3.63) is 82.6 Å². The second kappa shape index (κ2) is 12.9. The minimum atomic E-state index is -3.71. The van der Waals surface area contributed by atoms with Crippen LogP contribution in [0.2, 0.25) is 5.15 Å². The number of anilines is 1. The molecule has 0 saturated carbocycles. The van der Waals surface area contributed by atoms with Gasteiger partial charge >= 0.3 is 6.09 Å². The first kappa shape index (κ1) is 29.9. The van der Waals surface area contributed by atoms with E-state index in [1.54, 1.807) is 24.3 Å². The van der Waals surface area contributed by atoms with Crippen molar-refractivity contribution in [1.82, 2.24) is 14.6 Å². The topological polar surface area (TPSA) is 149 Å². The van der Waals surface area contributed by atoms with Crippen LogP contribution >= 0.6 is 11.6 Å². The number of carbonyl (C=O) groups excluding carboxylic acids is 1. The van der Waals surface area contributed by atoms with Crippen molar-refractivity contribution in [1.29, 1.82) is 0 Å². The van der Waals surface area contributed by atoms with Gasteiger partial charge in [-0.3, -0.25) is 4.79 Å². The Bertz CT molecular complexity index is 1410. The largest absolute Gasteiger partial charge is 0.465 e. The first-order chi connectivity index (χ1) is 18.3. The molecule has 2 amide bonds. The summed E-state index contributed by atoms with van der Waals surface area (Å²) in [5, 5.41) is 23.5. The molecule has 0 saturated heterocycles. The average Bonchev–Trinajstić information content (AvgIpc) is 2.85. The lowest BCUT2D eigenvalue weighted by Crippen LogP contribution is -2.35. The SMILES string of the molecule is CC(C)Nc1cc(-c2ccc(CCN(C[C@@H](O)c3ccc(Cl)nc3)C(=O)O)cc2)ccc1C(=O)NS(C)(=O)=O. The molecule has 0 aliphatic rings. The van der Waals surface area contributed by atoms with Gasteiger partial charge in [-0.15, -0.1) is 0 Å². The smallest absolute Gasteiger partial charge is 0.407 e. The highest BCUT2D eigenvalue weighted by molar-refractivity contribution is 7.89. The van der Waals surface area contributed by atoms with E-state index < -0.39 is 28.1 Å². The summed E-state index contributed by atoms with van der Waals surface area (Å²) in [4.78, 5) is 29.3. The molecule has 2 aromatic carbocycles. The van der Waals surface area contributed by atoms with E-state index in [1.807, 2.05) is 42.8 Å². The highest BCUT2D eigenvalue weighted by atomic mass is 35.5. The second-order valence-electron chi connectivity index (χ2n) is 9.37. The van der Waals surface area contributed by atoms with Gasteiger partial charge in [-0.25, -0.2) is 22.9 Å². The molecule has 1 heterocycles. The van der Waals surface area contributed by atoms with Gasteiger partial charge in [-0.1, -0.05) is 48.0 Å². The minimum absolute atomic E-state index is 0.000867. The number of nitrogens with zero attached hydrogens (tertiary/aromatic N) is 2. The van der Waals surface area contributed by atoms with Crippen molar-refractivity contribution in [2.75, 3.05) is 24.7 Å². The number of aromatic nitrogens is 1. The Labute approximate surface area is 232 Å². The Balaban J connectivity index is 1.71. The van der Waals surface area contributed by atoms with E-state index in [0.29, 0.717) is 17.7 Å². The van der Waals surface area contributed by atoms with Crippen molar-refractivity contribution in [2.45, 2.75) is 32.4 Å². The van der Waals surface area contributed by atoms with Gasteiger partial charge in [0.15, 0.2) is 0 Å². The molecule has 10 nitrogen and oxygen atoms in total. The van der Waals surface area contributed by atoms with Crippen LogP contribution in [0.1, 0.15) is 41.4 Å². The Kier molecular flexibility index (Phi) is 9.90. The van der Waals surface area contributed by atoms with Gasteiger partial charge in [-0.2, -0.15) is 0 Å². The molecule has 4 N–H and O–H groups in total. The fourth-order valence-corrected chi connectivity index (χ4v) is 4.43. The summed E-state index contributed by atoms with van der Waals surface area (Å²) < 4.78 is 25.0. The van der Waals surface area contributed by atoms with Crippen LogP contribution in [0.25, 0.3) is 11.1 Å². The maximum Gasteiger partial charge on any atom is 0.407 e. The number of sulfonamides is 1. The van der Waals surface area contributed by atoms with E-state index in [1.165, 1.54) is 12.3 Å². The molecule has 1 aromatic heterocycles. The van der Waals surface area contributed by atoms with Crippen molar-refractivity contribution >= 4 is 39.3 Å². The lowest BCUT2D eigenvalue weighted by Gasteiger charge is -2.22. The van der Waals surface area contributed by atoms with Gasteiger partial charge in [-0.05, 0) is 55.2 Å². The van der Waals surface area contributed by atoms with Crippen molar-refractivity contribution in [2.24, 2.45) is 0 Å². The van der Waals surface area contributed by atoms with Gasteiger partial charge in [0.1, 0.15) is 5.15 Å². The quantitative estimate of drug-likeness (QED) is 0.249. The molecule has 0 spiro atoms. The van der Waals surface area contributed by atoms with Gasteiger partial charge in [0.2, 0.25) is 10.0 Å². The molecule has 208 valence electrons. The van der Waals surface area contributed by atoms with Crippen molar-refractivity contribution in [3.8, 4) is 11.1 Å². The van der Waals surface area contributed by atoms with E-state index in [0.717, 1.165) is 27.8 Å². The number of benzene rings is 2. The summed E-state index contributed by atoms with van der Waals surface area (Å²) in [7, 11) is -3.71. The molecular weight excluding hydrogens is 544 g/mol. The highest BCUT2D eigenvalue weighted by Crippen LogP contribution is 2.27. The number of aliphatic hydroxyl groups excluding tert-OH is 1. The van der Waals surface area contributed by atoms with Crippen LogP contribution in [0.15, 0.2) is 60.8 Å². The summed E-state index contributed by atoms with van der Waals surface area (Å²) in [6.45, 7) is 3.89. The molecule has 0 aliphatic carbocycles. The molecule has 3 rings (SSSR count). The van der Waals surface area contributed by atoms with Gasteiger partial charge < -0.3 is 20.4 Å². The first-order valence-electron chi connectivity index (χ1n) is 12.1. The molecule has 12 heteroatoms. The third-order valence-electron chi connectivity index (χ3n) is 5.74. The zero-order valence-corrected chi connectivity index (χ0v) is 23.3. The zero-order chi connectivity index (χ0) is 28.7. The third kappa shape index (κ3) is 8.95. The van der Waals surface area contributed by atoms with Gasteiger partial charge in [0.05, 0.1) is 24.5 Å². The molecule has 0 radical (unpaired) electrons. The molecule has 0 aliphatic heterocycles. The second-order valence-corrected chi connectivity index (χ2v) is 11.5. The van der Waals surface area contributed by atoms with Crippen LogP contribution in [0.5, 0.6) is 0 Å². The minimum Gasteiger partial charge on any atom is -0.465 e. The Morgan fingerprint density at radius 3 is 2.28 bits per heavy atom. The summed E-state index contributed by atoms with van der Waals surface area (Å²) in [5.41, 5.74) is 3.76. The van der Waals surface area contributed by atoms with Crippen molar-refractivity contribution < 1.29 is 28.2 Å². The first-order valence-corrected chi connectivity index (χ1v) is 14.4. The normalized spacial score (nSPS) is 12.2. The molecule has 39 heavy (non-hydrogen) atoms. The van der Waals surface area contributed by atoms with Crippen molar-refractivity contribution in [3.63, 3.8) is 0 Å². The van der Waals surface area contributed by atoms with E-state index >= 15 is 0 Å². The number of carbonyl (C=O) groups is 2. The molecular formula is C27H31ClN4O6S. The van der Waals surface area contributed by atoms with Crippen LogP contribution in [0, 0.1) is 0 Å². The van der Waals surface area contributed by atoms with E-state index in [-0.39, 0.29) is 29.8 Å². The number of amides is 2.